The Morgan fingerprint density at radius 3 is 2.52 bits per heavy atom. The van der Waals surface area contributed by atoms with Crippen molar-refractivity contribution >= 4 is 29.4 Å². The van der Waals surface area contributed by atoms with E-state index < -0.39 is 5.97 Å². The molecule has 0 unspecified atom stereocenters. The molecule has 0 aromatic heterocycles. The molecule has 0 radical (unpaired) electrons. The van der Waals surface area contributed by atoms with Gasteiger partial charge in [0.15, 0.2) is 0 Å². The maximum absolute atomic E-state index is 11.6. The standard InChI is InChI=1S/C18H14ClNO3/c19-11-17-16(18(21)23-20-17)10-13-6-8-15(9-7-13)22-12-14-4-2-1-3-5-14/h1-10H,11-12H2/b16-10-. The first-order chi connectivity index (χ1) is 11.3. The molecule has 4 nitrogen and oxygen atoms in total. The van der Waals surface area contributed by atoms with E-state index in [9.17, 15) is 4.79 Å². The Bertz CT molecular complexity index is 752. The second-order valence-electron chi connectivity index (χ2n) is 4.95. The summed E-state index contributed by atoms with van der Waals surface area (Å²) in [7, 11) is 0. The van der Waals surface area contributed by atoms with Crippen LogP contribution in [0.3, 0.4) is 0 Å². The zero-order chi connectivity index (χ0) is 16.1. The summed E-state index contributed by atoms with van der Waals surface area (Å²) in [4.78, 5) is 16.2. The summed E-state index contributed by atoms with van der Waals surface area (Å²) in [5.41, 5.74) is 2.79. The molecule has 0 bridgehead atoms. The molecule has 1 aliphatic heterocycles. The molecule has 2 aromatic carbocycles. The van der Waals surface area contributed by atoms with Crippen LogP contribution in [0.1, 0.15) is 11.1 Å². The lowest BCUT2D eigenvalue weighted by Gasteiger charge is -2.06. The number of nitrogens with zero attached hydrogens (tertiary/aromatic N) is 1. The van der Waals surface area contributed by atoms with E-state index in [0.29, 0.717) is 17.9 Å². The molecule has 0 N–H and O–H groups in total. The Morgan fingerprint density at radius 1 is 1.09 bits per heavy atom. The maximum atomic E-state index is 11.6. The number of hydrogen-bond donors (Lipinski definition) is 0. The first-order valence-corrected chi connectivity index (χ1v) is 7.63. The molecular formula is C18H14ClNO3. The lowest BCUT2D eigenvalue weighted by molar-refractivity contribution is -0.136. The van der Waals surface area contributed by atoms with E-state index in [2.05, 4.69) is 9.99 Å². The number of oxime groups is 1. The van der Waals surface area contributed by atoms with Gasteiger partial charge in [0, 0.05) is 0 Å². The van der Waals surface area contributed by atoms with E-state index in [-0.39, 0.29) is 5.88 Å². The van der Waals surface area contributed by atoms with E-state index in [1.54, 1.807) is 6.08 Å². The minimum Gasteiger partial charge on any atom is -0.489 e. The van der Waals surface area contributed by atoms with Crippen molar-refractivity contribution in [1.82, 2.24) is 0 Å². The predicted octanol–water partition coefficient (Wildman–Crippen LogP) is 3.80. The fourth-order valence-corrected chi connectivity index (χ4v) is 2.31. The lowest BCUT2D eigenvalue weighted by Crippen LogP contribution is -2.06. The highest BCUT2D eigenvalue weighted by atomic mass is 35.5. The highest BCUT2D eigenvalue weighted by Gasteiger charge is 2.24. The van der Waals surface area contributed by atoms with Gasteiger partial charge in [-0.3, -0.25) is 0 Å². The Balaban J connectivity index is 1.68. The van der Waals surface area contributed by atoms with Crippen LogP contribution in [0, 0.1) is 0 Å². The van der Waals surface area contributed by atoms with E-state index in [0.717, 1.165) is 16.9 Å². The molecule has 1 aliphatic rings. The van der Waals surface area contributed by atoms with Crippen LogP contribution in [0.4, 0.5) is 0 Å². The van der Waals surface area contributed by atoms with Gasteiger partial charge < -0.3 is 9.57 Å². The van der Waals surface area contributed by atoms with Gasteiger partial charge in [-0.1, -0.05) is 47.6 Å². The molecule has 116 valence electrons. The summed E-state index contributed by atoms with van der Waals surface area (Å²) < 4.78 is 5.72. The summed E-state index contributed by atoms with van der Waals surface area (Å²) >= 11 is 5.73. The maximum Gasteiger partial charge on any atom is 0.367 e. The average molecular weight is 328 g/mol. The van der Waals surface area contributed by atoms with Crippen LogP contribution >= 0.6 is 11.6 Å². The van der Waals surface area contributed by atoms with E-state index >= 15 is 0 Å². The van der Waals surface area contributed by atoms with Gasteiger partial charge in [0.25, 0.3) is 0 Å². The van der Waals surface area contributed by atoms with Gasteiger partial charge in [0.1, 0.15) is 18.1 Å². The average Bonchev–Trinajstić information content (AvgIpc) is 2.95. The van der Waals surface area contributed by atoms with Crippen LogP contribution in [0.15, 0.2) is 65.3 Å². The number of benzene rings is 2. The molecule has 0 saturated carbocycles. The molecule has 0 atom stereocenters. The molecule has 0 saturated heterocycles. The van der Waals surface area contributed by atoms with Crippen LogP contribution in [0.5, 0.6) is 5.75 Å². The third kappa shape index (κ3) is 3.79. The van der Waals surface area contributed by atoms with Crippen molar-refractivity contribution < 1.29 is 14.4 Å². The molecule has 0 amide bonds. The fourth-order valence-electron chi connectivity index (χ4n) is 2.12. The van der Waals surface area contributed by atoms with Crippen molar-refractivity contribution in [3.05, 3.63) is 71.3 Å². The Morgan fingerprint density at radius 2 is 1.83 bits per heavy atom. The number of halogens is 1. The van der Waals surface area contributed by atoms with Crippen LogP contribution in [-0.2, 0) is 16.2 Å². The normalized spacial score (nSPS) is 15.4. The van der Waals surface area contributed by atoms with Crippen LogP contribution in [-0.4, -0.2) is 17.6 Å². The number of rotatable bonds is 5. The Kier molecular flexibility index (Phi) is 4.74. The summed E-state index contributed by atoms with van der Waals surface area (Å²) in [6, 6.07) is 17.4. The third-order valence-electron chi connectivity index (χ3n) is 3.34. The van der Waals surface area contributed by atoms with Crippen LogP contribution in [0.25, 0.3) is 6.08 Å². The van der Waals surface area contributed by atoms with Gasteiger partial charge in [0.2, 0.25) is 0 Å². The van der Waals surface area contributed by atoms with Gasteiger partial charge in [-0.15, -0.1) is 11.6 Å². The first kappa shape index (κ1) is 15.3. The summed E-state index contributed by atoms with van der Waals surface area (Å²) in [5, 5.41) is 3.64. The van der Waals surface area contributed by atoms with Gasteiger partial charge in [-0.05, 0) is 29.3 Å². The molecule has 0 aliphatic carbocycles. The minimum atomic E-state index is -0.481. The van der Waals surface area contributed by atoms with Crippen molar-refractivity contribution in [3.8, 4) is 5.75 Å². The summed E-state index contributed by atoms with van der Waals surface area (Å²) in [6.45, 7) is 0.511. The van der Waals surface area contributed by atoms with Crippen molar-refractivity contribution in [2.75, 3.05) is 5.88 Å². The number of carbonyl (C=O) groups excluding carboxylic acids is 1. The fraction of sp³-hybridized carbons (Fsp3) is 0.111. The second-order valence-corrected chi connectivity index (χ2v) is 5.22. The number of hydrogen-bond acceptors (Lipinski definition) is 4. The largest absolute Gasteiger partial charge is 0.489 e. The summed E-state index contributed by atoms with van der Waals surface area (Å²) in [6.07, 6.45) is 1.71. The molecule has 5 heteroatoms. The van der Waals surface area contributed by atoms with Crippen molar-refractivity contribution in [2.24, 2.45) is 5.16 Å². The second kappa shape index (κ2) is 7.11. The smallest absolute Gasteiger partial charge is 0.367 e. The van der Waals surface area contributed by atoms with E-state index in [1.807, 2.05) is 54.6 Å². The number of carbonyl (C=O) groups is 1. The van der Waals surface area contributed by atoms with Crippen LogP contribution < -0.4 is 4.74 Å². The molecule has 3 rings (SSSR count). The predicted molar refractivity (Wildman–Crippen MR) is 89.4 cm³/mol. The zero-order valence-electron chi connectivity index (χ0n) is 12.2. The van der Waals surface area contributed by atoms with Gasteiger partial charge in [0.05, 0.1) is 11.5 Å². The molecule has 0 spiro atoms. The van der Waals surface area contributed by atoms with E-state index in [4.69, 9.17) is 16.3 Å². The summed E-state index contributed by atoms with van der Waals surface area (Å²) in [5.74, 6) is 0.414. The molecule has 23 heavy (non-hydrogen) atoms. The highest BCUT2D eigenvalue weighted by molar-refractivity contribution is 6.38. The van der Waals surface area contributed by atoms with E-state index in [1.165, 1.54) is 0 Å². The topological polar surface area (TPSA) is 47.9 Å². The van der Waals surface area contributed by atoms with Crippen molar-refractivity contribution in [3.63, 3.8) is 0 Å². The van der Waals surface area contributed by atoms with Crippen molar-refractivity contribution in [2.45, 2.75) is 6.61 Å². The highest BCUT2D eigenvalue weighted by Crippen LogP contribution is 2.19. The lowest BCUT2D eigenvalue weighted by atomic mass is 10.1. The molecule has 0 fully saturated rings. The number of alkyl halides is 1. The first-order valence-electron chi connectivity index (χ1n) is 7.09. The SMILES string of the molecule is O=C1ON=C(CCl)/C1=C/c1ccc(OCc2ccccc2)cc1. The zero-order valence-corrected chi connectivity index (χ0v) is 13.0. The third-order valence-corrected chi connectivity index (χ3v) is 3.59. The quantitative estimate of drug-likeness (QED) is 0.477. The van der Waals surface area contributed by atoms with Gasteiger partial charge in [-0.25, -0.2) is 4.79 Å². The monoisotopic (exact) mass is 327 g/mol. The Labute approximate surface area is 139 Å². The molecule has 1 heterocycles. The van der Waals surface area contributed by atoms with Gasteiger partial charge >= 0.3 is 5.97 Å². The minimum absolute atomic E-state index is 0.135. The molecular weight excluding hydrogens is 314 g/mol. The van der Waals surface area contributed by atoms with Gasteiger partial charge in [-0.2, -0.15) is 0 Å². The molecule has 2 aromatic rings. The number of ether oxygens (including phenoxy) is 1. The van der Waals surface area contributed by atoms with Crippen LogP contribution in [0.2, 0.25) is 0 Å². The van der Waals surface area contributed by atoms with Crippen molar-refractivity contribution in [1.29, 1.82) is 0 Å². The Hall–Kier alpha value is -2.59.